The van der Waals surface area contributed by atoms with Crippen molar-refractivity contribution in [3.05, 3.63) is 0 Å². The molecule has 3 saturated heterocycles. The molecule has 0 atom stereocenters. The van der Waals surface area contributed by atoms with E-state index in [1.165, 1.54) is 91.1 Å². The summed E-state index contributed by atoms with van der Waals surface area (Å²) in [4.78, 5) is 10.9. The van der Waals surface area contributed by atoms with Crippen LogP contribution in [0.3, 0.4) is 0 Å². The van der Waals surface area contributed by atoms with Crippen molar-refractivity contribution in [2.45, 2.75) is 78.8 Å². The zero-order valence-corrected chi connectivity index (χ0v) is 19.8. The van der Waals surface area contributed by atoms with Gasteiger partial charge in [0, 0.05) is 50.8 Å². The maximum Gasteiger partial charge on any atom is 0.0125 e. The Morgan fingerprint density at radius 1 is 0.643 bits per heavy atom. The number of nitrogens with zero attached hydrogens (tertiary/aromatic N) is 4. The second-order valence-electron chi connectivity index (χ2n) is 12.0. The normalized spacial score (nSPS) is 26.8. The number of rotatable bonds is 4. The summed E-state index contributed by atoms with van der Waals surface area (Å²) in [6.45, 7) is 27.1. The van der Waals surface area contributed by atoms with Crippen LogP contribution in [0.4, 0.5) is 0 Å². The standard InChI is InChI=1S/C24H48N4/c1-23(2,3)20-26-15-17-27(18-16-26)22-9-11-25(12-10-22)19-21-7-13-28(14-8-21)24(4,5)6/h21-22H,7-20H2,1-6H3. The molecule has 0 radical (unpaired) electrons. The van der Waals surface area contributed by atoms with Gasteiger partial charge in [-0.25, -0.2) is 0 Å². The molecule has 0 aromatic rings. The van der Waals surface area contributed by atoms with Gasteiger partial charge in [0.2, 0.25) is 0 Å². The van der Waals surface area contributed by atoms with E-state index in [2.05, 4.69) is 61.1 Å². The Labute approximate surface area is 175 Å². The third-order valence-corrected chi connectivity index (χ3v) is 7.26. The van der Waals surface area contributed by atoms with Gasteiger partial charge in [-0.1, -0.05) is 20.8 Å². The van der Waals surface area contributed by atoms with Gasteiger partial charge in [-0.05, 0) is 84.0 Å². The number of hydrogen-bond acceptors (Lipinski definition) is 4. The Hall–Kier alpha value is -0.160. The molecular weight excluding hydrogens is 344 g/mol. The van der Waals surface area contributed by atoms with Gasteiger partial charge < -0.3 is 9.80 Å². The molecule has 164 valence electrons. The van der Waals surface area contributed by atoms with Gasteiger partial charge >= 0.3 is 0 Å². The van der Waals surface area contributed by atoms with Gasteiger partial charge in [0.05, 0.1) is 0 Å². The van der Waals surface area contributed by atoms with Crippen molar-refractivity contribution in [3.8, 4) is 0 Å². The van der Waals surface area contributed by atoms with Crippen LogP contribution in [0, 0.1) is 11.3 Å². The summed E-state index contributed by atoms with van der Waals surface area (Å²) in [7, 11) is 0. The Bertz CT molecular complexity index is 454. The number of piperidine rings is 2. The van der Waals surface area contributed by atoms with E-state index in [0.717, 1.165) is 12.0 Å². The molecule has 0 aromatic heterocycles. The molecule has 0 spiro atoms. The molecule has 0 aliphatic carbocycles. The van der Waals surface area contributed by atoms with Crippen LogP contribution in [-0.4, -0.2) is 96.6 Å². The zero-order valence-electron chi connectivity index (χ0n) is 19.8. The van der Waals surface area contributed by atoms with E-state index >= 15 is 0 Å². The fourth-order valence-corrected chi connectivity index (χ4v) is 5.58. The van der Waals surface area contributed by atoms with Crippen molar-refractivity contribution >= 4 is 0 Å². The molecule has 4 nitrogen and oxygen atoms in total. The third kappa shape index (κ3) is 6.68. The van der Waals surface area contributed by atoms with Crippen molar-refractivity contribution in [2.24, 2.45) is 11.3 Å². The lowest BCUT2D eigenvalue weighted by molar-refractivity contribution is 0.0365. The highest BCUT2D eigenvalue weighted by Gasteiger charge is 2.31. The minimum Gasteiger partial charge on any atom is -0.303 e. The Morgan fingerprint density at radius 3 is 1.71 bits per heavy atom. The minimum atomic E-state index is 0.347. The van der Waals surface area contributed by atoms with Gasteiger partial charge in [-0.15, -0.1) is 0 Å². The van der Waals surface area contributed by atoms with E-state index in [1.807, 2.05) is 0 Å². The summed E-state index contributed by atoms with van der Waals surface area (Å²) >= 11 is 0. The highest BCUT2D eigenvalue weighted by atomic mass is 15.3. The molecule has 3 fully saturated rings. The van der Waals surface area contributed by atoms with E-state index in [0.29, 0.717) is 11.0 Å². The Morgan fingerprint density at radius 2 is 1.21 bits per heavy atom. The molecule has 28 heavy (non-hydrogen) atoms. The van der Waals surface area contributed by atoms with Crippen LogP contribution in [-0.2, 0) is 0 Å². The average Bonchev–Trinajstić information content (AvgIpc) is 2.61. The quantitative estimate of drug-likeness (QED) is 0.724. The van der Waals surface area contributed by atoms with E-state index in [-0.39, 0.29) is 0 Å². The summed E-state index contributed by atoms with van der Waals surface area (Å²) in [5.41, 5.74) is 0.775. The monoisotopic (exact) mass is 392 g/mol. The van der Waals surface area contributed by atoms with E-state index in [4.69, 9.17) is 0 Å². The zero-order chi connectivity index (χ0) is 20.4. The predicted molar refractivity (Wildman–Crippen MR) is 121 cm³/mol. The molecule has 0 saturated carbocycles. The first-order chi connectivity index (χ1) is 13.1. The highest BCUT2D eigenvalue weighted by Crippen LogP contribution is 2.26. The van der Waals surface area contributed by atoms with Crippen molar-refractivity contribution in [2.75, 3.05) is 65.4 Å². The van der Waals surface area contributed by atoms with Gasteiger partial charge in [0.1, 0.15) is 0 Å². The van der Waals surface area contributed by atoms with Crippen LogP contribution >= 0.6 is 0 Å². The Balaban J connectivity index is 1.33. The highest BCUT2D eigenvalue weighted by molar-refractivity contribution is 4.87. The molecule has 3 heterocycles. The van der Waals surface area contributed by atoms with E-state index in [1.54, 1.807) is 0 Å². The van der Waals surface area contributed by atoms with Crippen molar-refractivity contribution in [1.82, 2.24) is 19.6 Å². The Kier molecular flexibility index (Phi) is 7.50. The SMILES string of the molecule is CC(C)(C)CN1CCN(C2CCN(CC3CCN(C(C)(C)C)CC3)CC2)CC1. The van der Waals surface area contributed by atoms with Crippen molar-refractivity contribution in [1.29, 1.82) is 0 Å². The fourth-order valence-electron chi connectivity index (χ4n) is 5.58. The number of likely N-dealkylation sites (tertiary alicyclic amines) is 2. The van der Waals surface area contributed by atoms with Crippen LogP contribution in [0.15, 0.2) is 0 Å². The molecular formula is C24H48N4. The molecule has 3 rings (SSSR count). The van der Waals surface area contributed by atoms with Gasteiger partial charge in [-0.2, -0.15) is 0 Å². The average molecular weight is 393 g/mol. The van der Waals surface area contributed by atoms with Crippen LogP contribution in [0.25, 0.3) is 0 Å². The first-order valence-corrected chi connectivity index (χ1v) is 12.0. The lowest BCUT2D eigenvalue weighted by Gasteiger charge is -2.45. The van der Waals surface area contributed by atoms with Crippen LogP contribution in [0.2, 0.25) is 0 Å². The lowest BCUT2D eigenvalue weighted by atomic mass is 9.91. The maximum atomic E-state index is 2.80. The van der Waals surface area contributed by atoms with E-state index < -0.39 is 0 Å². The van der Waals surface area contributed by atoms with E-state index in [9.17, 15) is 0 Å². The molecule has 4 heteroatoms. The topological polar surface area (TPSA) is 13.0 Å². The number of piperazine rings is 1. The van der Waals surface area contributed by atoms with Crippen molar-refractivity contribution < 1.29 is 0 Å². The van der Waals surface area contributed by atoms with Crippen molar-refractivity contribution in [3.63, 3.8) is 0 Å². The molecule has 0 N–H and O–H groups in total. The fraction of sp³-hybridized carbons (Fsp3) is 1.00. The lowest BCUT2D eigenvalue weighted by Crippen LogP contribution is -2.54. The first kappa shape index (κ1) is 22.5. The smallest absolute Gasteiger partial charge is 0.0125 e. The molecule has 0 aromatic carbocycles. The summed E-state index contributed by atoms with van der Waals surface area (Å²) < 4.78 is 0. The summed E-state index contributed by atoms with van der Waals surface area (Å²) in [6, 6.07) is 0.843. The maximum absolute atomic E-state index is 2.80. The predicted octanol–water partition coefficient (Wildman–Crippen LogP) is 3.63. The molecule has 0 unspecified atom stereocenters. The molecule has 3 aliphatic heterocycles. The second-order valence-corrected chi connectivity index (χ2v) is 12.0. The third-order valence-electron chi connectivity index (χ3n) is 7.26. The molecule has 0 amide bonds. The number of hydrogen-bond donors (Lipinski definition) is 0. The van der Waals surface area contributed by atoms with Gasteiger partial charge in [-0.3, -0.25) is 9.80 Å². The molecule has 3 aliphatic rings. The first-order valence-electron chi connectivity index (χ1n) is 12.0. The minimum absolute atomic E-state index is 0.347. The summed E-state index contributed by atoms with van der Waals surface area (Å²) in [6.07, 6.45) is 5.57. The van der Waals surface area contributed by atoms with Crippen LogP contribution in [0.1, 0.15) is 67.2 Å². The van der Waals surface area contributed by atoms with Crippen LogP contribution in [0.5, 0.6) is 0 Å². The van der Waals surface area contributed by atoms with Gasteiger partial charge in [0.15, 0.2) is 0 Å². The summed E-state index contributed by atoms with van der Waals surface area (Å²) in [5, 5.41) is 0. The van der Waals surface area contributed by atoms with Gasteiger partial charge in [0.25, 0.3) is 0 Å². The summed E-state index contributed by atoms with van der Waals surface area (Å²) in [5.74, 6) is 0.927. The van der Waals surface area contributed by atoms with Crippen LogP contribution < -0.4 is 0 Å². The second kappa shape index (κ2) is 9.32. The largest absolute Gasteiger partial charge is 0.303 e. The molecule has 0 bridgehead atoms.